The molecule has 2 saturated carbocycles. The topological polar surface area (TPSA) is 26.0 Å². The maximum absolute atomic E-state index is 6.01. The summed E-state index contributed by atoms with van der Waals surface area (Å²) in [6, 6.07) is 0. The van der Waals surface area contributed by atoms with Crippen LogP contribution in [-0.4, -0.2) is 4.98 Å². The van der Waals surface area contributed by atoms with Crippen molar-refractivity contribution in [3.8, 4) is 0 Å². The second-order valence-electron chi connectivity index (χ2n) is 5.97. The largest absolute Gasteiger partial charge is 0.445 e. The Labute approximate surface area is 104 Å². The van der Waals surface area contributed by atoms with Crippen LogP contribution >= 0.6 is 0 Å². The van der Waals surface area contributed by atoms with E-state index in [0.29, 0.717) is 11.8 Å². The summed E-state index contributed by atoms with van der Waals surface area (Å²) >= 11 is 0. The molecule has 2 fully saturated rings. The zero-order chi connectivity index (χ0) is 11.8. The molecule has 2 nitrogen and oxygen atoms in total. The first-order valence-corrected chi connectivity index (χ1v) is 7.25. The highest BCUT2D eigenvalue weighted by atomic mass is 16.4. The van der Waals surface area contributed by atoms with Crippen molar-refractivity contribution in [2.75, 3.05) is 0 Å². The summed E-state index contributed by atoms with van der Waals surface area (Å²) < 4.78 is 6.01. The van der Waals surface area contributed by atoms with Gasteiger partial charge in [0.15, 0.2) is 5.89 Å². The zero-order valence-electron chi connectivity index (χ0n) is 11.0. The minimum absolute atomic E-state index is 0.615. The van der Waals surface area contributed by atoms with Crippen LogP contribution in [0.5, 0.6) is 0 Å². The molecule has 17 heavy (non-hydrogen) atoms. The summed E-state index contributed by atoms with van der Waals surface area (Å²) in [4.78, 5) is 4.51. The second kappa shape index (κ2) is 4.47. The molecular weight excluding hydrogens is 210 g/mol. The first kappa shape index (κ1) is 11.3. The molecule has 3 atom stereocenters. The van der Waals surface area contributed by atoms with Crippen molar-refractivity contribution in [2.45, 2.75) is 64.2 Å². The highest BCUT2D eigenvalue weighted by molar-refractivity contribution is 5.15. The van der Waals surface area contributed by atoms with Gasteiger partial charge in [-0.05, 0) is 31.1 Å². The number of nitrogens with zero attached hydrogens (tertiary/aromatic N) is 1. The normalized spacial score (nSPS) is 30.7. The molecule has 0 aliphatic heterocycles. The quantitative estimate of drug-likeness (QED) is 0.766. The van der Waals surface area contributed by atoms with Crippen LogP contribution in [0.4, 0.5) is 0 Å². The SMILES string of the molecule is CCC(C)[C@@H]1C[C@H]1c1cnc(C2CCCC2)o1. The maximum atomic E-state index is 6.01. The molecule has 94 valence electrons. The zero-order valence-corrected chi connectivity index (χ0v) is 11.0. The molecule has 2 heteroatoms. The first-order chi connectivity index (χ1) is 8.29. The van der Waals surface area contributed by atoms with Gasteiger partial charge in [0.2, 0.25) is 0 Å². The van der Waals surface area contributed by atoms with Crippen LogP contribution in [0.1, 0.15) is 75.9 Å². The third-order valence-electron chi connectivity index (χ3n) is 4.83. The van der Waals surface area contributed by atoms with Crippen LogP contribution in [0.15, 0.2) is 10.6 Å². The van der Waals surface area contributed by atoms with Crippen molar-refractivity contribution < 1.29 is 4.42 Å². The summed E-state index contributed by atoms with van der Waals surface area (Å²) in [6.07, 6.45) is 9.85. The van der Waals surface area contributed by atoms with E-state index in [-0.39, 0.29) is 0 Å². The Kier molecular flexibility index (Phi) is 2.97. The van der Waals surface area contributed by atoms with Gasteiger partial charge in [-0.1, -0.05) is 33.1 Å². The maximum Gasteiger partial charge on any atom is 0.197 e. The lowest BCUT2D eigenvalue weighted by Gasteiger charge is -2.05. The van der Waals surface area contributed by atoms with Crippen molar-refractivity contribution >= 4 is 0 Å². The third-order valence-corrected chi connectivity index (χ3v) is 4.83. The van der Waals surface area contributed by atoms with Crippen LogP contribution in [0.25, 0.3) is 0 Å². The van der Waals surface area contributed by atoms with Crippen molar-refractivity contribution in [1.82, 2.24) is 4.98 Å². The van der Waals surface area contributed by atoms with Crippen molar-refractivity contribution in [1.29, 1.82) is 0 Å². The lowest BCUT2D eigenvalue weighted by molar-refractivity contribution is 0.403. The number of oxazole rings is 1. The van der Waals surface area contributed by atoms with Crippen LogP contribution in [0, 0.1) is 11.8 Å². The van der Waals surface area contributed by atoms with Crippen LogP contribution in [0.3, 0.4) is 0 Å². The minimum Gasteiger partial charge on any atom is -0.445 e. The molecule has 1 aromatic rings. The first-order valence-electron chi connectivity index (χ1n) is 7.25. The molecule has 1 aromatic heterocycles. The number of rotatable bonds is 4. The molecule has 2 aliphatic carbocycles. The Bertz CT molecular complexity index is 378. The van der Waals surface area contributed by atoms with Gasteiger partial charge in [-0.2, -0.15) is 0 Å². The van der Waals surface area contributed by atoms with E-state index in [1.54, 1.807) is 0 Å². The number of hydrogen-bond acceptors (Lipinski definition) is 2. The van der Waals surface area contributed by atoms with Crippen LogP contribution in [0.2, 0.25) is 0 Å². The molecule has 3 rings (SSSR count). The molecule has 1 heterocycles. The average Bonchev–Trinajstić information content (AvgIpc) is 2.83. The third kappa shape index (κ3) is 2.14. The molecular formula is C15H23NO. The predicted molar refractivity (Wildman–Crippen MR) is 68.0 cm³/mol. The second-order valence-corrected chi connectivity index (χ2v) is 5.97. The van der Waals surface area contributed by atoms with Gasteiger partial charge in [0.05, 0.1) is 6.20 Å². The van der Waals surface area contributed by atoms with Gasteiger partial charge in [-0.15, -0.1) is 0 Å². The fourth-order valence-corrected chi connectivity index (χ4v) is 3.31. The number of aromatic nitrogens is 1. The molecule has 1 unspecified atom stereocenters. The van der Waals surface area contributed by atoms with E-state index < -0.39 is 0 Å². The lowest BCUT2D eigenvalue weighted by atomic mass is 10.0. The lowest BCUT2D eigenvalue weighted by Crippen LogP contribution is -1.96. The van der Waals surface area contributed by atoms with Crippen molar-refractivity contribution in [2.24, 2.45) is 11.8 Å². The smallest absolute Gasteiger partial charge is 0.197 e. The molecule has 0 N–H and O–H groups in total. The Balaban J connectivity index is 1.65. The molecule has 0 bridgehead atoms. The van der Waals surface area contributed by atoms with E-state index in [2.05, 4.69) is 18.8 Å². The van der Waals surface area contributed by atoms with E-state index in [1.807, 2.05) is 6.20 Å². The Hall–Kier alpha value is -0.790. The summed E-state index contributed by atoms with van der Waals surface area (Å²) in [5.74, 6) is 5.16. The molecule has 0 aromatic carbocycles. The van der Waals surface area contributed by atoms with Gasteiger partial charge in [0.25, 0.3) is 0 Å². The highest BCUT2D eigenvalue weighted by Gasteiger charge is 2.43. The predicted octanol–water partition coefficient (Wildman–Crippen LogP) is 4.48. The molecule has 0 amide bonds. The van der Waals surface area contributed by atoms with Gasteiger partial charge in [0.1, 0.15) is 5.76 Å². The Morgan fingerprint density at radius 2 is 2.18 bits per heavy atom. The Morgan fingerprint density at radius 3 is 2.88 bits per heavy atom. The van der Waals surface area contributed by atoms with Gasteiger partial charge in [-0.3, -0.25) is 0 Å². The van der Waals surface area contributed by atoms with Crippen LogP contribution in [-0.2, 0) is 0 Å². The summed E-state index contributed by atoms with van der Waals surface area (Å²) in [7, 11) is 0. The summed E-state index contributed by atoms with van der Waals surface area (Å²) in [5, 5.41) is 0. The summed E-state index contributed by atoms with van der Waals surface area (Å²) in [5.41, 5.74) is 0. The van der Waals surface area contributed by atoms with Gasteiger partial charge >= 0.3 is 0 Å². The van der Waals surface area contributed by atoms with E-state index in [4.69, 9.17) is 4.42 Å². The number of hydrogen-bond donors (Lipinski definition) is 0. The highest BCUT2D eigenvalue weighted by Crippen LogP contribution is 2.53. The monoisotopic (exact) mass is 233 g/mol. The van der Waals surface area contributed by atoms with Gasteiger partial charge in [0, 0.05) is 11.8 Å². The molecule has 0 spiro atoms. The van der Waals surface area contributed by atoms with E-state index in [1.165, 1.54) is 38.5 Å². The van der Waals surface area contributed by atoms with E-state index in [9.17, 15) is 0 Å². The minimum atomic E-state index is 0.615. The van der Waals surface area contributed by atoms with Gasteiger partial charge in [-0.25, -0.2) is 4.98 Å². The van der Waals surface area contributed by atoms with E-state index >= 15 is 0 Å². The Morgan fingerprint density at radius 1 is 1.41 bits per heavy atom. The van der Waals surface area contributed by atoms with Crippen molar-refractivity contribution in [3.63, 3.8) is 0 Å². The fourth-order valence-electron chi connectivity index (χ4n) is 3.31. The fraction of sp³-hybridized carbons (Fsp3) is 0.800. The molecule has 0 radical (unpaired) electrons. The van der Waals surface area contributed by atoms with E-state index in [0.717, 1.165) is 23.5 Å². The standard InChI is InChI=1S/C15H23NO/c1-3-10(2)12-8-13(12)14-9-16-15(17-14)11-6-4-5-7-11/h9-13H,3-8H2,1-2H3/t10?,12-,13+/m0/s1. The molecule has 2 aliphatic rings. The average molecular weight is 233 g/mol. The molecule has 0 saturated heterocycles. The summed E-state index contributed by atoms with van der Waals surface area (Å²) in [6.45, 7) is 4.64. The van der Waals surface area contributed by atoms with Crippen molar-refractivity contribution in [3.05, 3.63) is 17.8 Å². The van der Waals surface area contributed by atoms with Crippen LogP contribution < -0.4 is 0 Å². The van der Waals surface area contributed by atoms with Gasteiger partial charge < -0.3 is 4.42 Å².